The van der Waals surface area contributed by atoms with Gasteiger partial charge in [0, 0.05) is 37.9 Å². The van der Waals surface area contributed by atoms with E-state index in [2.05, 4.69) is 10.4 Å². The molecule has 1 N–H and O–H groups in total. The molecule has 1 aliphatic rings. The summed E-state index contributed by atoms with van der Waals surface area (Å²) in [6, 6.07) is 13.1. The monoisotopic (exact) mass is 490 g/mol. The number of carbonyl (C=O) groups is 1. The largest absolute Gasteiger partial charge is 0.352 e. The average molecular weight is 491 g/mol. The first kappa shape index (κ1) is 23.4. The van der Waals surface area contributed by atoms with Gasteiger partial charge in [-0.3, -0.25) is 9.48 Å². The van der Waals surface area contributed by atoms with Crippen LogP contribution in [-0.4, -0.2) is 41.5 Å². The van der Waals surface area contributed by atoms with Gasteiger partial charge in [0.15, 0.2) is 0 Å². The summed E-state index contributed by atoms with van der Waals surface area (Å²) in [5.41, 5.74) is 2.08. The maximum atomic E-state index is 13.4. The van der Waals surface area contributed by atoms with Gasteiger partial charge in [0.1, 0.15) is 5.82 Å². The molecule has 0 spiro atoms. The lowest BCUT2D eigenvalue weighted by Gasteiger charge is -2.30. The van der Waals surface area contributed by atoms with E-state index in [-0.39, 0.29) is 34.8 Å². The van der Waals surface area contributed by atoms with Crippen LogP contribution in [0.15, 0.2) is 65.8 Å². The molecule has 0 saturated carbocycles. The molecule has 0 bridgehead atoms. The number of halogens is 2. The van der Waals surface area contributed by atoms with E-state index in [4.69, 9.17) is 11.6 Å². The average Bonchev–Trinajstić information content (AvgIpc) is 3.33. The number of rotatable bonds is 7. The predicted octanol–water partition coefficient (Wildman–Crippen LogP) is 3.44. The zero-order valence-corrected chi connectivity index (χ0v) is 19.4. The maximum Gasteiger partial charge on any atom is 0.243 e. The molecule has 0 unspecified atom stereocenters. The Bertz CT molecular complexity index is 1230. The number of piperidine rings is 1. The van der Waals surface area contributed by atoms with E-state index in [0.29, 0.717) is 25.9 Å². The van der Waals surface area contributed by atoms with Gasteiger partial charge in [-0.1, -0.05) is 35.9 Å². The standard InChI is InChI=1S/C23H24ClFN4O3S/c24-21-14-20(6-7-22(21)25)33(31,32)29-12-8-17(9-13-29)23(30)26-15-18-4-1-2-5-19(18)16-28-11-3-10-27-28/h1-7,10-11,14,17H,8-9,12-13,15-16H2,(H,26,30). The fourth-order valence-electron chi connectivity index (χ4n) is 3.92. The van der Waals surface area contributed by atoms with Crippen LogP contribution in [0, 0.1) is 11.7 Å². The molecular weight excluding hydrogens is 467 g/mol. The Morgan fingerprint density at radius 1 is 1.12 bits per heavy atom. The highest BCUT2D eigenvalue weighted by Crippen LogP contribution is 2.26. The van der Waals surface area contributed by atoms with Crippen LogP contribution in [-0.2, 0) is 27.9 Å². The molecule has 2 aromatic carbocycles. The van der Waals surface area contributed by atoms with Gasteiger partial charge in [-0.05, 0) is 48.2 Å². The number of benzene rings is 2. The van der Waals surface area contributed by atoms with Crippen molar-refractivity contribution in [1.29, 1.82) is 0 Å². The topological polar surface area (TPSA) is 84.3 Å². The van der Waals surface area contributed by atoms with Crippen molar-refractivity contribution in [2.45, 2.75) is 30.8 Å². The molecule has 1 fully saturated rings. The summed E-state index contributed by atoms with van der Waals surface area (Å²) in [6.45, 7) is 1.43. The molecular formula is C23H24ClFN4O3S. The summed E-state index contributed by atoms with van der Waals surface area (Å²) >= 11 is 5.74. The third-order valence-electron chi connectivity index (χ3n) is 5.82. The minimum absolute atomic E-state index is 0.0504. The minimum atomic E-state index is -3.79. The van der Waals surface area contributed by atoms with E-state index >= 15 is 0 Å². The Labute approximate surface area is 197 Å². The third kappa shape index (κ3) is 5.43. The summed E-state index contributed by atoms with van der Waals surface area (Å²) in [5.74, 6) is -1.03. The smallest absolute Gasteiger partial charge is 0.243 e. The first-order valence-corrected chi connectivity index (χ1v) is 12.4. The summed E-state index contributed by atoms with van der Waals surface area (Å²) < 4.78 is 42.2. The first-order chi connectivity index (χ1) is 15.8. The molecule has 4 rings (SSSR count). The number of carbonyl (C=O) groups excluding carboxylic acids is 1. The number of nitrogens with zero attached hydrogens (tertiary/aromatic N) is 3. The van der Waals surface area contributed by atoms with Gasteiger partial charge in [0.2, 0.25) is 15.9 Å². The molecule has 3 aromatic rings. The van der Waals surface area contributed by atoms with Crippen molar-refractivity contribution in [3.8, 4) is 0 Å². The molecule has 7 nitrogen and oxygen atoms in total. The van der Waals surface area contributed by atoms with Gasteiger partial charge in [-0.2, -0.15) is 9.40 Å². The molecule has 1 aliphatic heterocycles. The van der Waals surface area contributed by atoms with E-state index in [1.54, 1.807) is 6.20 Å². The highest BCUT2D eigenvalue weighted by Gasteiger charge is 2.32. The third-order valence-corrected chi connectivity index (χ3v) is 8.00. The van der Waals surface area contributed by atoms with Gasteiger partial charge < -0.3 is 5.32 Å². The van der Waals surface area contributed by atoms with Crippen molar-refractivity contribution < 1.29 is 17.6 Å². The summed E-state index contributed by atoms with van der Waals surface area (Å²) in [7, 11) is -3.79. The molecule has 1 aromatic heterocycles. The van der Waals surface area contributed by atoms with E-state index in [0.717, 1.165) is 23.3 Å². The lowest BCUT2D eigenvalue weighted by atomic mass is 9.97. The normalized spacial score (nSPS) is 15.5. The maximum absolute atomic E-state index is 13.4. The Morgan fingerprint density at radius 2 is 1.85 bits per heavy atom. The Morgan fingerprint density at radius 3 is 2.52 bits per heavy atom. The van der Waals surface area contributed by atoms with E-state index < -0.39 is 15.8 Å². The summed E-state index contributed by atoms with van der Waals surface area (Å²) in [5, 5.41) is 6.98. The summed E-state index contributed by atoms with van der Waals surface area (Å²) in [6.07, 6.45) is 4.43. The van der Waals surface area contributed by atoms with Gasteiger partial charge in [-0.15, -0.1) is 0 Å². The van der Waals surface area contributed by atoms with Crippen molar-refractivity contribution >= 4 is 27.5 Å². The Hall–Kier alpha value is -2.75. The quantitative estimate of drug-likeness (QED) is 0.550. The van der Waals surface area contributed by atoms with Crippen LogP contribution in [0.4, 0.5) is 4.39 Å². The van der Waals surface area contributed by atoms with Crippen molar-refractivity contribution in [2.24, 2.45) is 5.92 Å². The van der Waals surface area contributed by atoms with Crippen LogP contribution in [0.1, 0.15) is 24.0 Å². The molecule has 0 radical (unpaired) electrons. The number of sulfonamides is 1. The van der Waals surface area contributed by atoms with Crippen LogP contribution in [0.25, 0.3) is 0 Å². The Balaban J connectivity index is 1.33. The molecule has 174 valence electrons. The number of hydrogen-bond donors (Lipinski definition) is 1. The minimum Gasteiger partial charge on any atom is -0.352 e. The molecule has 33 heavy (non-hydrogen) atoms. The number of aromatic nitrogens is 2. The van der Waals surface area contributed by atoms with E-state index in [1.807, 2.05) is 41.2 Å². The zero-order chi connectivity index (χ0) is 23.4. The van der Waals surface area contributed by atoms with Gasteiger partial charge in [0.05, 0.1) is 16.5 Å². The lowest BCUT2D eigenvalue weighted by molar-refractivity contribution is -0.126. The predicted molar refractivity (Wildman–Crippen MR) is 123 cm³/mol. The summed E-state index contributed by atoms with van der Waals surface area (Å²) in [4.78, 5) is 12.7. The van der Waals surface area contributed by atoms with Gasteiger partial charge >= 0.3 is 0 Å². The van der Waals surface area contributed by atoms with Gasteiger partial charge in [0.25, 0.3) is 0 Å². The number of amides is 1. The second-order valence-electron chi connectivity index (χ2n) is 7.94. The molecule has 1 amide bonds. The van der Waals surface area contributed by atoms with E-state index in [1.165, 1.54) is 10.4 Å². The molecule has 10 heteroatoms. The zero-order valence-electron chi connectivity index (χ0n) is 17.8. The van der Waals surface area contributed by atoms with Crippen molar-refractivity contribution in [1.82, 2.24) is 19.4 Å². The molecule has 0 aliphatic carbocycles. The van der Waals surface area contributed by atoms with Gasteiger partial charge in [-0.25, -0.2) is 12.8 Å². The number of hydrogen-bond acceptors (Lipinski definition) is 4. The second kappa shape index (κ2) is 10.0. The van der Waals surface area contributed by atoms with Crippen molar-refractivity contribution in [3.63, 3.8) is 0 Å². The highest BCUT2D eigenvalue weighted by atomic mass is 35.5. The fraction of sp³-hybridized carbons (Fsp3) is 0.304. The molecule has 1 saturated heterocycles. The molecule has 2 heterocycles. The van der Waals surface area contributed by atoms with Crippen LogP contribution in [0.2, 0.25) is 5.02 Å². The fourth-order valence-corrected chi connectivity index (χ4v) is 5.67. The highest BCUT2D eigenvalue weighted by molar-refractivity contribution is 7.89. The van der Waals surface area contributed by atoms with Crippen LogP contribution in [0.5, 0.6) is 0 Å². The number of nitrogens with one attached hydrogen (secondary N) is 1. The van der Waals surface area contributed by atoms with Crippen LogP contribution < -0.4 is 5.32 Å². The van der Waals surface area contributed by atoms with Crippen molar-refractivity contribution in [3.05, 3.63) is 82.9 Å². The second-order valence-corrected chi connectivity index (χ2v) is 10.3. The van der Waals surface area contributed by atoms with Crippen molar-refractivity contribution in [2.75, 3.05) is 13.1 Å². The molecule has 0 atom stereocenters. The lowest BCUT2D eigenvalue weighted by Crippen LogP contribution is -2.42. The van der Waals surface area contributed by atoms with E-state index in [9.17, 15) is 17.6 Å². The van der Waals surface area contributed by atoms with Crippen LogP contribution in [0.3, 0.4) is 0 Å². The van der Waals surface area contributed by atoms with Crippen LogP contribution >= 0.6 is 11.6 Å². The SMILES string of the molecule is O=C(NCc1ccccc1Cn1cccn1)C1CCN(S(=O)(=O)c2ccc(F)c(Cl)c2)CC1. The Kier molecular flexibility index (Phi) is 7.11. The first-order valence-electron chi connectivity index (χ1n) is 10.6.